The Labute approximate surface area is 135 Å². The van der Waals surface area contributed by atoms with Crippen LogP contribution in [0.2, 0.25) is 5.02 Å². The van der Waals surface area contributed by atoms with Crippen molar-refractivity contribution in [3.63, 3.8) is 0 Å². The van der Waals surface area contributed by atoms with E-state index in [-0.39, 0.29) is 0 Å². The van der Waals surface area contributed by atoms with Gasteiger partial charge in [0.25, 0.3) is 0 Å². The SMILES string of the molecule is CCc1nc(COc2cccc(Cl)c2CNC(C)C)cs1. The van der Waals surface area contributed by atoms with Crippen LogP contribution in [0.4, 0.5) is 0 Å². The highest BCUT2D eigenvalue weighted by atomic mass is 35.5. The smallest absolute Gasteiger partial charge is 0.131 e. The van der Waals surface area contributed by atoms with E-state index >= 15 is 0 Å². The van der Waals surface area contributed by atoms with Crippen molar-refractivity contribution in [2.45, 2.75) is 46.4 Å². The van der Waals surface area contributed by atoms with Crippen LogP contribution in [0.5, 0.6) is 5.75 Å². The van der Waals surface area contributed by atoms with Crippen LogP contribution >= 0.6 is 22.9 Å². The molecule has 114 valence electrons. The Hall–Kier alpha value is -1.10. The molecule has 1 aromatic carbocycles. The van der Waals surface area contributed by atoms with E-state index in [1.165, 1.54) is 0 Å². The van der Waals surface area contributed by atoms with Gasteiger partial charge in [0.1, 0.15) is 12.4 Å². The summed E-state index contributed by atoms with van der Waals surface area (Å²) in [5.41, 5.74) is 1.97. The number of nitrogens with zero attached hydrogens (tertiary/aromatic N) is 1. The van der Waals surface area contributed by atoms with Gasteiger partial charge in [-0.2, -0.15) is 0 Å². The third-order valence-corrected chi connectivity index (χ3v) is 4.44. The normalized spacial score (nSPS) is 11.1. The molecule has 21 heavy (non-hydrogen) atoms. The number of hydrogen-bond donors (Lipinski definition) is 1. The number of ether oxygens (including phenoxy) is 1. The molecule has 0 unspecified atom stereocenters. The largest absolute Gasteiger partial charge is 0.487 e. The summed E-state index contributed by atoms with van der Waals surface area (Å²) < 4.78 is 5.91. The van der Waals surface area contributed by atoms with Crippen LogP contribution in [0.25, 0.3) is 0 Å². The monoisotopic (exact) mass is 324 g/mol. The fraction of sp³-hybridized carbons (Fsp3) is 0.438. The molecule has 0 atom stereocenters. The van der Waals surface area contributed by atoms with E-state index in [0.717, 1.165) is 33.5 Å². The van der Waals surface area contributed by atoms with Gasteiger partial charge in [0.15, 0.2) is 0 Å². The third-order valence-electron chi connectivity index (χ3n) is 3.04. The predicted octanol–water partition coefficient (Wildman–Crippen LogP) is 4.44. The number of nitrogens with one attached hydrogen (secondary N) is 1. The lowest BCUT2D eigenvalue weighted by Crippen LogP contribution is -2.22. The number of aromatic nitrogens is 1. The summed E-state index contributed by atoms with van der Waals surface area (Å²) in [6.45, 7) is 7.50. The van der Waals surface area contributed by atoms with Gasteiger partial charge < -0.3 is 10.1 Å². The van der Waals surface area contributed by atoms with E-state index in [2.05, 4.69) is 36.5 Å². The molecule has 0 radical (unpaired) electrons. The van der Waals surface area contributed by atoms with E-state index in [4.69, 9.17) is 16.3 Å². The van der Waals surface area contributed by atoms with Crippen molar-refractivity contribution in [3.05, 3.63) is 44.9 Å². The standard InChI is InChI=1S/C16H21ClN2OS/c1-4-16-19-12(10-21-16)9-20-15-7-5-6-14(17)13(15)8-18-11(2)3/h5-7,10-11,18H,4,8-9H2,1-3H3. The maximum Gasteiger partial charge on any atom is 0.131 e. The van der Waals surface area contributed by atoms with Crippen molar-refractivity contribution < 1.29 is 4.74 Å². The van der Waals surface area contributed by atoms with Crippen molar-refractivity contribution in [3.8, 4) is 5.75 Å². The van der Waals surface area contributed by atoms with Gasteiger partial charge >= 0.3 is 0 Å². The zero-order valence-corrected chi connectivity index (χ0v) is 14.2. The molecule has 0 amide bonds. The van der Waals surface area contributed by atoms with Crippen molar-refractivity contribution in [1.29, 1.82) is 0 Å². The average Bonchev–Trinajstić information content (AvgIpc) is 2.92. The highest BCUT2D eigenvalue weighted by Crippen LogP contribution is 2.27. The Bertz CT molecular complexity index is 583. The minimum Gasteiger partial charge on any atom is -0.487 e. The summed E-state index contributed by atoms with van der Waals surface area (Å²) in [6.07, 6.45) is 0.964. The number of benzene rings is 1. The first-order valence-corrected chi connectivity index (χ1v) is 8.42. The molecule has 0 spiro atoms. The van der Waals surface area contributed by atoms with Crippen LogP contribution in [-0.2, 0) is 19.6 Å². The molecule has 0 aliphatic rings. The number of hydrogen-bond acceptors (Lipinski definition) is 4. The zero-order valence-electron chi connectivity index (χ0n) is 12.6. The summed E-state index contributed by atoms with van der Waals surface area (Å²) in [7, 11) is 0. The molecule has 0 saturated carbocycles. The van der Waals surface area contributed by atoms with Crippen molar-refractivity contribution in [1.82, 2.24) is 10.3 Å². The Morgan fingerprint density at radius 1 is 1.38 bits per heavy atom. The number of aryl methyl sites for hydroxylation is 1. The van der Waals surface area contributed by atoms with Gasteiger partial charge in [-0.25, -0.2) is 4.98 Å². The van der Waals surface area contributed by atoms with Gasteiger partial charge in [-0.05, 0) is 18.6 Å². The molecule has 3 nitrogen and oxygen atoms in total. The average molecular weight is 325 g/mol. The lowest BCUT2D eigenvalue weighted by molar-refractivity contribution is 0.297. The topological polar surface area (TPSA) is 34.1 Å². The quantitative estimate of drug-likeness (QED) is 0.817. The molecule has 2 rings (SSSR count). The molecule has 0 saturated heterocycles. The molecule has 0 bridgehead atoms. The van der Waals surface area contributed by atoms with E-state index in [9.17, 15) is 0 Å². The van der Waals surface area contributed by atoms with Crippen LogP contribution in [0.3, 0.4) is 0 Å². The zero-order chi connectivity index (χ0) is 15.2. The lowest BCUT2D eigenvalue weighted by Gasteiger charge is -2.14. The number of thiazole rings is 1. The predicted molar refractivity (Wildman–Crippen MR) is 89.3 cm³/mol. The molecule has 2 aromatic rings. The van der Waals surface area contributed by atoms with Crippen LogP contribution in [-0.4, -0.2) is 11.0 Å². The summed E-state index contributed by atoms with van der Waals surface area (Å²) in [4.78, 5) is 4.52. The summed E-state index contributed by atoms with van der Waals surface area (Å²) in [6, 6.07) is 6.16. The van der Waals surface area contributed by atoms with Crippen molar-refractivity contribution in [2.24, 2.45) is 0 Å². The highest BCUT2D eigenvalue weighted by molar-refractivity contribution is 7.09. The van der Waals surface area contributed by atoms with Crippen molar-refractivity contribution in [2.75, 3.05) is 0 Å². The molecule has 1 N–H and O–H groups in total. The Balaban J connectivity index is 2.06. The van der Waals surface area contributed by atoms with Gasteiger partial charge in [-0.1, -0.05) is 38.4 Å². The summed E-state index contributed by atoms with van der Waals surface area (Å²) in [5.74, 6) is 0.821. The molecular formula is C16H21ClN2OS. The molecule has 5 heteroatoms. The van der Waals surface area contributed by atoms with Gasteiger partial charge in [0.2, 0.25) is 0 Å². The minimum absolute atomic E-state index is 0.403. The number of halogens is 1. The lowest BCUT2D eigenvalue weighted by atomic mass is 10.2. The minimum atomic E-state index is 0.403. The Morgan fingerprint density at radius 2 is 2.19 bits per heavy atom. The van der Waals surface area contributed by atoms with E-state index in [1.54, 1.807) is 11.3 Å². The maximum atomic E-state index is 6.29. The second-order valence-electron chi connectivity index (χ2n) is 5.13. The first-order valence-electron chi connectivity index (χ1n) is 7.17. The van der Waals surface area contributed by atoms with E-state index < -0.39 is 0 Å². The Kier molecular flexibility index (Phi) is 6.03. The second-order valence-corrected chi connectivity index (χ2v) is 6.48. The Morgan fingerprint density at radius 3 is 2.86 bits per heavy atom. The van der Waals surface area contributed by atoms with Crippen molar-refractivity contribution >= 4 is 22.9 Å². The third kappa shape index (κ3) is 4.70. The highest BCUT2D eigenvalue weighted by Gasteiger charge is 2.10. The molecule has 1 heterocycles. The molecular weight excluding hydrogens is 304 g/mol. The van der Waals surface area contributed by atoms with E-state index in [0.29, 0.717) is 19.2 Å². The van der Waals surface area contributed by atoms with Crippen LogP contribution in [0, 0.1) is 0 Å². The molecule has 0 aliphatic carbocycles. The first-order chi connectivity index (χ1) is 10.1. The summed E-state index contributed by atoms with van der Waals surface area (Å²) in [5, 5.41) is 7.30. The fourth-order valence-electron chi connectivity index (χ4n) is 1.88. The maximum absolute atomic E-state index is 6.29. The van der Waals surface area contributed by atoms with Crippen LogP contribution < -0.4 is 10.1 Å². The molecule has 0 aliphatic heterocycles. The molecule has 1 aromatic heterocycles. The fourth-order valence-corrected chi connectivity index (χ4v) is 2.84. The second kappa shape index (κ2) is 7.78. The number of rotatable bonds is 7. The van der Waals surface area contributed by atoms with E-state index in [1.807, 2.05) is 18.2 Å². The molecule has 0 fully saturated rings. The summed E-state index contributed by atoms with van der Waals surface area (Å²) >= 11 is 7.96. The van der Waals surface area contributed by atoms with Crippen LogP contribution in [0.15, 0.2) is 23.6 Å². The van der Waals surface area contributed by atoms with Gasteiger partial charge in [-0.3, -0.25) is 0 Å². The van der Waals surface area contributed by atoms with Gasteiger partial charge in [-0.15, -0.1) is 11.3 Å². The van der Waals surface area contributed by atoms with Gasteiger partial charge in [0, 0.05) is 28.6 Å². The van der Waals surface area contributed by atoms with Crippen LogP contribution in [0.1, 0.15) is 37.0 Å². The van der Waals surface area contributed by atoms with Gasteiger partial charge in [0.05, 0.1) is 10.7 Å². The first kappa shape index (κ1) is 16.3.